The van der Waals surface area contributed by atoms with Crippen LogP contribution in [0, 0.1) is 0 Å². The Labute approximate surface area is 104 Å². The van der Waals surface area contributed by atoms with E-state index in [1.54, 1.807) is 0 Å². The fourth-order valence-corrected chi connectivity index (χ4v) is 1.56. The van der Waals surface area contributed by atoms with Crippen LogP contribution in [-0.4, -0.2) is 43.9 Å². The smallest absolute Gasteiger partial charge is 0.102 e. The van der Waals surface area contributed by atoms with Crippen molar-refractivity contribution in [3.8, 4) is 0 Å². The summed E-state index contributed by atoms with van der Waals surface area (Å²) in [4.78, 5) is 2.06. The first-order chi connectivity index (χ1) is 8.13. The first-order valence-corrected chi connectivity index (χ1v) is 6.13. The standard InChI is InChI=1S/C14H23NO2/c1-4-12-6-5-7-13(10-12)14(16)11-17-9-8-15(2)3/h5-7,10,14,16H,4,8-9,11H2,1-3H3. The molecule has 1 atom stereocenters. The number of rotatable bonds is 7. The second-order valence-corrected chi connectivity index (χ2v) is 4.49. The van der Waals surface area contributed by atoms with Gasteiger partial charge in [0.05, 0.1) is 13.2 Å². The highest BCUT2D eigenvalue weighted by Gasteiger charge is 2.07. The highest BCUT2D eigenvalue weighted by molar-refractivity contribution is 5.25. The summed E-state index contributed by atoms with van der Waals surface area (Å²) in [5, 5.41) is 9.97. The number of aliphatic hydroxyl groups is 1. The molecule has 0 bridgehead atoms. The molecule has 1 unspecified atom stereocenters. The van der Waals surface area contributed by atoms with Crippen LogP contribution in [0.25, 0.3) is 0 Å². The van der Waals surface area contributed by atoms with Crippen molar-refractivity contribution in [2.45, 2.75) is 19.4 Å². The van der Waals surface area contributed by atoms with E-state index in [-0.39, 0.29) is 0 Å². The Morgan fingerprint density at radius 3 is 2.76 bits per heavy atom. The van der Waals surface area contributed by atoms with Crippen LogP contribution < -0.4 is 0 Å². The molecule has 1 aromatic rings. The molecular formula is C14H23NO2. The lowest BCUT2D eigenvalue weighted by molar-refractivity contribution is 0.0306. The Morgan fingerprint density at radius 2 is 2.12 bits per heavy atom. The van der Waals surface area contributed by atoms with Crippen LogP contribution in [-0.2, 0) is 11.2 Å². The summed E-state index contributed by atoms with van der Waals surface area (Å²) in [7, 11) is 4.01. The SMILES string of the molecule is CCc1cccc(C(O)COCCN(C)C)c1. The minimum Gasteiger partial charge on any atom is -0.386 e. The third-order valence-electron chi connectivity index (χ3n) is 2.70. The zero-order valence-electron chi connectivity index (χ0n) is 11.0. The molecule has 0 radical (unpaired) electrons. The molecule has 0 amide bonds. The Kier molecular flexibility index (Phi) is 6.19. The van der Waals surface area contributed by atoms with Crippen molar-refractivity contribution in [3.63, 3.8) is 0 Å². The summed E-state index contributed by atoms with van der Waals surface area (Å²) in [6, 6.07) is 8.04. The van der Waals surface area contributed by atoms with Gasteiger partial charge in [-0.05, 0) is 31.6 Å². The molecule has 0 aliphatic carbocycles. The van der Waals surface area contributed by atoms with Gasteiger partial charge in [-0.3, -0.25) is 0 Å². The van der Waals surface area contributed by atoms with Gasteiger partial charge in [0.1, 0.15) is 6.10 Å². The summed E-state index contributed by atoms with van der Waals surface area (Å²) in [6.07, 6.45) is 0.464. The molecule has 3 heteroatoms. The van der Waals surface area contributed by atoms with Crippen molar-refractivity contribution in [1.82, 2.24) is 4.90 Å². The highest BCUT2D eigenvalue weighted by atomic mass is 16.5. The first-order valence-electron chi connectivity index (χ1n) is 6.13. The molecule has 0 saturated carbocycles. The van der Waals surface area contributed by atoms with Crippen LogP contribution in [0.5, 0.6) is 0 Å². The van der Waals surface area contributed by atoms with Crippen molar-refractivity contribution < 1.29 is 9.84 Å². The van der Waals surface area contributed by atoms with E-state index in [4.69, 9.17) is 4.74 Å². The van der Waals surface area contributed by atoms with E-state index in [1.807, 2.05) is 32.3 Å². The third-order valence-corrected chi connectivity index (χ3v) is 2.70. The van der Waals surface area contributed by atoms with E-state index in [1.165, 1.54) is 5.56 Å². The lowest BCUT2D eigenvalue weighted by Gasteiger charge is -2.14. The van der Waals surface area contributed by atoms with Gasteiger partial charge in [0.2, 0.25) is 0 Å². The fraction of sp³-hybridized carbons (Fsp3) is 0.571. The molecule has 0 aromatic heterocycles. The maximum atomic E-state index is 9.97. The van der Waals surface area contributed by atoms with Gasteiger partial charge in [0.25, 0.3) is 0 Å². The molecule has 0 saturated heterocycles. The van der Waals surface area contributed by atoms with E-state index in [0.717, 1.165) is 18.5 Å². The minimum atomic E-state index is -0.524. The van der Waals surface area contributed by atoms with E-state index < -0.39 is 6.10 Å². The fourth-order valence-electron chi connectivity index (χ4n) is 1.56. The molecule has 0 spiro atoms. The van der Waals surface area contributed by atoms with Gasteiger partial charge in [0.15, 0.2) is 0 Å². The lowest BCUT2D eigenvalue weighted by atomic mass is 10.1. The molecule has 0 fully saturated rings. The van der Waals surface area contributed by atoms with Gasteiger partial charge >= 0.3 is 0 Å². The maximum Gasteiger partial charge on any atom is 0.102 e. The summed E-state index contributed by atoms with van der Waals surface area (Å²) < 4.78 is 5.44. The first kappa shape index (κ1) is 14.2. The van der Waals surface area contributed by atoms with Crippen molar-refractivity contribution >= 4 is 0 Å². The predicted octanol–water partition coefficient (Wildman–Crippen LogP) is 1.86. The number of ether oxygens (including phenoxy) is 1. The van der Waals surface area contributed by atoms with Crippen LogP contribution in [0.1, 0.15) is 24.2 Å². The largest absolute Gasteiger partial charge is 0.386 e. The summed E-state index contributed by atoms with van der Waals surface area (Å²) in [6.45, 7) is 4.00. The van der Waals surface area contributed by atoms with Crippen LogP contribution in [0.2, 0.25) is 0 Å². The van der Waals surface area contributed by atoms with E-state index >= 15 is 0 Å². The van der Waals surface area contributed by atoms with E-state index in [0.29, 0.717) is 13.2 Å². The predicted molar refractivity (Wildman–Crippen MR) is 70.2 cm³/mol. The van der Waals surface area contributed by atoms with Crippen molar-refractivity contribution in [2.75, 3.05) is 33.9 Å². The molecule has 0 heterocycles. The Morgan fingerprint density at radius 1 is 1.35 bits per heavy atom. The minimum absolute atomic E-state index is 0.362. The summed E-state index contributed by atoms with van der Waals surface area (Å²) in [5.74, 6) is 0. The quantitative estimate of drug-likeness (QED) is 0.735. The van der Waals surface area contributed by atoms with E-state index in [2.05, 4.69) is 17.9 Å². The van der Waals surface area contributed by atoms with Crippen LogP contribution in [0.3, 0.4) is 0 Å². The van der Waals surface area contributed by atoms with Crippen LogP contribution in [0.15, 0.2) is 24.3 Å². The highest BCUT2D eigenvalue weighted by Crippen LogP contribution is 2.15. The topological polar surface area (TPSA) is 32.7 Å². The third kappa shape index (κ3) is 5.31. The van der Waals surface area contributed by atoms with Crippen molar-refractivity contribution in [1.29, 1.82) is 0 Å². The van der Waals surface area contributed by atoms with Gasteiger partial charge < -0.3 is 14.7 Å². The van der Waals surface area contributed by atoms with Gasteiger partial charge in [0, 0.05) is 6.54 Å². The van der Waals surface area contributed by atoms with Crippen molar-refractivity contribution in [2.24, 2.45) is 0 Å². The number of aliphatic hydroxyl groups excluding tert-OH is 1. The molecule has 96 valence electrons. The van der Waals surface area contributed by atoms with Crippen molar-refractivity contribution in [3.05, 3.63) is 35.4 Å². The molecule has 1 N–H and O–H groups in total. The lowest BCUT2D eigenvalue weighted by Crippen LogP contribution is -2.19. The maximum absolute atomic E-state index is 9.97. The molecule has 1 aromatic carbocycles. The molecule has 1 rings (SSSR count). The summed E-state index contributed by atoms with van der Waals surface area (Å²) in [5.41, 5.74) is 2.18. The Bertz CT molecular complexity index is 326. The average Bonchev–Trinajstić information content (AvgIpc) is 2.34. The van der Waals surface area contributed by atoms with Crippen LogP contribution >= 0.6 is 0 Å². The van der Waals surface area contributed by atoms with Crippen LogP contribution in [0.4, 0.5) is 0 Å². The number of likely N-dealkylation sites (N-methyl/N-ethyl adjacent to an activating group) is 1. The van der Waals surface area contributed by atoms with E-state index in [9.17, 15) is 5.11 Å². The van der Waals surface area contributed by atoms with Gasteiger partial charge in [-0.2, -0.15) is 0 Å². The number of aryl methyl sites for hydroxylation is 1. The number of hydrogen-bond donors (Lipinski definition) is 1. The Hall–Kier alpha value is -0.900. The second kappa shape index (κ2) is 7.43. The number of nitrogens with zero attached hydrogens (tertiary/aromatic N) is 1. The summed E-state index contributed by atoms with van der Waals surface area (Å²) >= 11 is 0. The average molecular weight is 237 g/mol. The number of benzene rings is 1. The molecule has 17 heavy (non-hydrogen) atoms. The monoisotopic (exact) mass is 237 g/mol. The molecular weight excluding hydrogens is 214 g/mol. The van der Waals surface area contributed by atoms with Gasteiger partial charge in [-0.15, -0.1) is 0 Å². The molecule has 0 aliphatic rings. The molecule has 0 aliphatic heterocycles. The zero-order chi connectivity index (χ0) is 12.7. The Balaban J connectivity index is 2.38. The van der Waals surface area contributed by atoms with Gasteiger partial charge in [-0.1, -0.05) is 31.2 Å². The zero-order valence-corrected chi connectivity index (χ0v) is 11.0. The van der Waals surface area contributed by atoms with Gasteiger partial charge in [-0.25, -0.2) is 0 Å². The number of hydrogen-bond acceptors (Lipinski definition) is 3. The second-order valence-electron chi connectivity index (χ2n) is 4.49. The normalized spacial score (nSPS) is 13.0. The molecule has 3 nitrogen and oxygen atoms in total.